The van der Waals surface area contributed by atoms with Crippen molar-refractivity contribution >= 4 is 35.5 Å². The number of ether oxygens (including phenoxy) is 2. The number of carbonyl (C=O) groups is 4. The molecule has 2 aromatic rings. The Balaban J connectivity index is 2.27. The molecule has 2 aromatic carbocycles. The van der Waals surface area contributed by atoms with Gasteiger partial charge in [0.15, 0.2) is 0 Å². The molecule has 0 aliphatic rings. The third-order valence-corrected chi connectivity index (χ3v) is 6.05. The van der Waals surface area contributed by atoms with Gasteiger partial charge in [0, 0.05) is 30.5 Å². The van der Waals surface area contributed by atoms with Crippen LogP contribution in [-0.2, 0) is 36.8 Å². The minimum absolute atomic E-state index is 0.0722. The normalized spacial score (nSPS) is 12.3. The van der Waals surface area contributed by atoms with Gasteiger partial charge in [0.05, 0.1) is 13.7 Å². The minimum atomic E-state index is -1.73. The Labute approximate surface area is 244 Å². The van der Waals surface area contributed by atoms with Gasteiger partial charge in [-0.05, 0) is 44.4 Å². The first-order valence-electron chi connectivity index (χ1n) is 13.1. The van der Waals surface area contributed by atoms with Crippen LogP contribution in [0.1, 0.15) is 55.9 Å². The zero-order valence-electron chi connectivity index (χ0n) is 24.3. The van der Waals surface area contributed by atoms with Crippen molar-refractivity contribution < 1.29 is 28.7 Å². The molecule has 0 aliphatic heterocycles. The Kier molecular flexibility index (Phi) is 11.6. The molecule has 226 valence electrons. The number of amidine groups is 2. The summed E-state index contributed by atoms with van der Waals surface area (Å²) in [6.07, 6.45) is -1.45. The summed E-state index contributed by atoms with van der Waals surface area (Å²) in [5, 5.41) is 23.0. The number of benzene rings is 2. The molecule has 13 nitrogen and oxygen atoms in total. The maximum absolute atomic E-state index is 13.7. The first-order valence-corrected chi connectivity index (χ1v) is 13.1. The summed E-state index contributed by atoms with van der Waals surface area (Å²) < 4.78 is 10.2. The lowest BCUT2D eigenvalue weighted by Gasteiger charge is -2.33. The molecular formula is C29H39N7O6. The minimum Gasteiger partial charge on any atom is -0.460 e. The first-order chi connectivity index (χ1) is 19.6. The molecule has 9 N–H and O–H groups in total. The number of alkyl carbamates (subject to hydrolysis) is 1. The Morgan fingerprint density at radius 3 is 2.10 bits per heavy atom. The van der Waals surface area contributed by atoms with Crippen molar-refractivity contribution in [1.29, 1.82) is 10.8 Å². The van der Waals surface area contributed by atoms with E-state index in [9.17, 15) is 19.2 Å². The summed E-state index contributed by atoms with van der Waals surface area (Å²) in [5.74, 6) is -2.08. The van der Waals surface area contributed by atoms with Crippen molar-refractivity contribution in [3.05, 3.63) is 70.8 Å². The second-order valence-electron chi connectivity index (χ2n) is 10.6. The molecule has 3 amide bonds. The van der Waals surface area contributed by atoms with Crippen molar-refractivity contribution in [1.82, 2.24) is 16.0 Å². The van der Waals surface area contributed by atoms with Crippen LogP contribution in [-0.4, -0.2) is 60.3 Å². The highest BCUT2D eigenvalue weighted by Gasteiger charge is 2.41. The van der Waals surface area contributed by atoms with Crippen LogP contribution >= 0.6 is 0 Å². The predicted molar refractivity (Wildman–Crippen MR) is 157 cm³/mol. The average Bonchev–Trinajstić information content (AvgIpc) is 2.92. The Morgan fingerprint density at radius 2 is 1.52 bits per heavy atom. The highest BCUT2D eigenvalue weighted by atomic mass is 16.6. The highest BCUT2D eigenvalue weighted by molar-refractivity contribution is 5.96. The Hall–Kier alpha value is -4.94. The fourth-order valence-electron chi connectivity index (χ4n) is 3.99. The molecule has 0 radical (unpaired) electrons. The van der Waals surface area contributed by atoms with Gasteiger partial charge in [0.25, 0.3) is 0 Å². The molecule has 0 saturated heterocycles. The third-order valence-electron chi connectivity index (χ3n) is 6.05. The van der Waals surface area contributed by atoms with E-state index in [1.165, 1.54) is 0 Å². The van der Waals surface area contributed by atoms with Crippen LogP contribution in [0, 0.1) is 10.8 Å². The van der Waals surface area contributed by atoms with Crippen molar-refractivity contribution in [2.75, 3.05) is 13.7 Å². The highest BCUT2D eigenvalue weighted by Crippen LogP contribution is 2.23. The van der Waals surface area contributed by atoms with Crippen molar-refractivity contribution in [3.8, 4) is 0 Å². The SMILES string of the molecule is COC(=O)NC(CCC(=O)OC(C)(C)C)(Cc1cccc(C(=N)N)c1)C(=O)NCC(=O)NCc1ccc(C(=N)N)cc1. The van der Waals surface area contributed by atoms with Crippen LogP contribution in [0.4, 0.5) is 4.79 Å². The van der Waals surface area contributed by atoms with E-state index < -0.39 is 41.6 Å². The topological polar surface area (TPSA) is 223 Å². The number of carbonyl (C=O) groups excluding carboxylic acids is 4. The summed E-state index contributed by atoms with van der Waals surface area (Å²) in [6.45, 7) is 4.87. The lowest BCUT2D eigenvalue weighted by atomic mass is 9.84. The van der Waals surface area contributed by atoms with E-state index >= 15 is 0 Å². The van der Waals surface area contributed by atoms with E-state index in [1.54, 1.807) is 69.3 Å². The molecule has 42 heavy (non-hydrogen) atoms. The van der Waals surface area contributed by atoms with Gasteiger partial charge in [-0.15, -0.1) is 0 Å². The summed E-state index contributed by atoms with van der Waals surface area (Å²) in [7, 11) is 1.14. The molecule has 2 rings (SSSR count). The van der Waals surface area contributed by atoms with Gasteiger partial charge in [-0.25, -0.2) is 4.79 Å². The molecular weight excluding hydrogens is 542 g/mol. The molecule has 0 bridgehead atoms. The van der Waals surface area contributed by atoms with Gasteiger partial charge >= 0.3 is 12.1 Å². The van der Waals surface area contributed by atoms with E-state index in [0.717, 1.165) is 12.7 Å². The molecule has 1 atom stereocenters. The molecule has 1 unspecified atom stereocenters. The summed E-state index contributed by atoms with van der Waals surface area (Å²) in [4.78, 5) is 51.4. The van der Waals surface area contributed by atoms with Crippen molar-refractivity contribution in [2.45, 2.75) is 57.7 Å². The fourth-order valence-corrected chi connectivity index (χ4v) is 3.99. The van der Waals surface area contributed by atoms with Crippen LogP contribution in [0.15, 0.2) is 48.5 Å². The fraction of sp³-hybridized carbons (Fsp3) is 0.379. The van der Waals surface area contributed by atoms with Gasteiger partial charge in [0.1, 0.15) is 22.8 Å². The third kappa shape index (κ3) is 10.6. The zero-order chi connectivity index (χ0) is 31.5. The molecule has 0 aliphatic carbocycles. The summed E-state index contributed by atoms with van der Waals surface area (Å²) in [5.41, 5.74) is 10.8. The van der Waals surface area contributed by atoms with Crippen molar-refractivity contribution in [2.24, 2.45) is 11.5 Å². The number of hydrogen-bond acceptors (Lipinski definition) is 8. The van der Waals surface area contributed by atoms with Gasteiger partial charge in [0.2, 0.25) is 11.8 Å². The zero-order valence-corrected chi connectivity index (χ0v) is 24.3. The number of nitrogens with one attached hydrogen (secondary N) is 5. The van der Waals surface area contributed by atoms with Crippen LogP contribution in [0.3, 0.4) is 0 Å². The van der Waals surface area contributed by atoms with E-state index in [1.807, 2.05) is 0 Å². The number of amides is 3. The summed E-state index contributed by atoms with van der Waals surface area (Å²) >= 11 is 0. The first kappa shape index (κ1) is 33.3. The van der Waals surface area contributed by atoms with Crippen LogP contribution in [0.25, 0.3) is 0 Å². The quantitative estimate of drug-likeness (QED) is 0.104. The second kappa shape index (κ2) is 14.6. The van der Waals surface area contributed by atoms with E-state index in [-0.39, 0.29) is 37.5 Å². The van der Waals surface area contributed by atoms with E-state index in [2.05, 4.69) is 16.0 Å². The number of nitrogens with two attached hydrogens (primary N) is 2. The largest absolute Gasteiger partial charge is 0.460 e. The van der Waals surface area contributed by atoms with E-state index in [0.29, 0.717) is 16.7 Å². The number of esters is 1. The molecule has 0 saturated carbocycles. The number of hydrogen-bond donors (Lipinski definition) is 7. The van der Waals surface area contributed by atoms with Gasteiger partial charge in [-0.2, -0.15) is 0 Å². The molecule has 0 aromatic heterocycles. The van der Waals surface area contributed by atoms with Gasteiger partial charge in [-0.3, -0.25) is 25.2 Å². The second-order valence-corrected chi connectivity index (χ2v) is 10.6. The Morgan fingerprint density at radius 1 is 0.881 bits per heavy atom. The average molecular weight is 582 g/mol. The predicted octanol–water partition coefficient (Wildman–Crippen LogP) is 1.45. The molecule has 0 fully saturated rings. The number of rotatable bonds is 13. The van der Waals surface area contributed by atoms with Crippen LogP contribution in [0.5, 0.6) is 0 Å². The lowest BCUT2D eigenvalue weighted by Crippen LogP contribution is -2.61. The number of nitrogen functional groups attached to an aromatic ring is 2. The standard InChI is InChI=1S/C29H39N7O6/c1-28(2,3)42-23(38)12-13-29(36-27(40)41-4,15-19-6-5-7-21(14-19)25(32)33)26(39)35-17-22(37)34-16-18-8-10-20(11-9-18)24(30)31/h5-11,14H,12-13,15-17H2,1-4H3,(H3,30,31)(H3,32,33)(H,34,37)(H,35,39)(H,36,40). The van der Waals surface area contributed by atoms with Crippen LogP contribution in [0.2, 0.25) is 0 Å². The van der Waals surface area contributed by atoms with Gasteiger partial charge in [-0.1, -0.05) is 42.5 Å². The molecule has 13 heteroatoms. The van der Waals surface area contributed by atoms with E-state index in [4.69, 9.17) is 31.8 Å². The summed E-state index contributed by atoms with van der Waals surface area (Å²) in [6, 6.07) is 13.3. The Bertz CT molecular complexity index is 1320. The number of methoxy groups -OCH3 is 1. The smallest absolute Gasteiger partial charge is 0.407 e. The lowest BCUT2D eigenvalue weighted by molar-refractivity contribution is -0.155. The van der Waals surface area contributed by atoms with Gasteiger partial charge < -0.3 is 36.9 Å². The maximum atomic E-state index is 13.7. The monoisotopic (exact) mass is 581 g/mol. The van der Waals surface area contributed by atoms with Crippen molar-refractivity contribution in [3.63, 3.8) is 0 Å². The maximum Gasteiger partial charge on any atom is 0.407 e. The molecule has 0 heterocycles. The molecule has 0 spiro atoms. The van der Waals surface area contributed by atoms with Crippen LogP contribution < -0.4 is 27.4 Å².